The van der Waals surface area contributed by atoms with Crippen LogP contribution in [0, 0.1) is 5.41 Å². The molecule has 114 valence electrons. The summed E-state index contributed by atoms with van der Waals surface area (Å²) in [5.74, 6) is 1.40. The topological polar surface area (TPSA) is 63.8 Å². The highest BCUT2D eigenvalue weighted by molar-refractivity contribution is 5.13. The maximum absolute atomic E-state index is 5.39. The Labute approximate surface area is 126 Å². The van der Waals surface area contributed by atoms with E-state index in [-0.39, 0.29) is 5.41 Å². The zero-order chi connectivity index (χ0) is 15.3. The van der Waals surface area contributed by atoms with Gasteiger partial charge in [0.25, 0.3) is 0 Å². The molecular formula is C16H24N4O. The molecule has 0 radical (unpaired) electrons. The summed E-state index contributed by atoms with van der Waals surface area (Å²) in [6.45, 7) is 9.69. The fourth-order valence-corrected chi connectivity index (χ4v) is 2.24. The summed E-state index contributed by atoms with van der Waals surface area (Å²) in [5, 5.41) is 7.56. The van der Waals surface area contributed by atoms with Gasteiger partial charge in [-0.2, -0.15) is 4.98 Å². The van der Waals surface area contributed by atoms with Crippen LogP contribution < -0.4 is 5.32 Å². The Balaban J connectivity index is 2.02. The van der Waals surface area contributed by atoms with Gasteiger partial charge < -0.3 is 9.84 Å². The van der Waals surface area contributed by atoms with Crippen LogP contribution in [-0.4, -0.2) is 27.7 Å². The second kappa shape index (κ2) is 6.80. The molecule has 0 spiro atoms. The lowest BCUT2D eigenvalue weighted by Gasteiger charge is -2.30. The van der Waals surface area contributed by atoms with Crippen molar-refractivity contribution in [3.05, 3.63) is 41.8 Å². The van der Waals surface area contributed by atoms with Gasteiger partial charge in [-0.05, 0) is 23.6 Å². The number of hydrogen-bond acceptors (Lipinski definition) is 5. The van der Waals surface area contributed by atoms with Crippen molar-refractivity contribution in [2.24, 2.45) is 5.41 Å². The van der Waals surface area contributed by atoms with Crippen molar-refractivity contribution in [1.29, 1.82) is 0 Å². The Morgan fingerprint density at radius 3 is 2.76 bits per heavy atom. The van der Waals surface area contributed by atoms with Gasteiger partial charge in [0.1, 0.15) is 0 Å². The molecule has 0 fully saturated rings. The summed E-state index contributed by atoms with van der Waals surface area (Å²) in [4.78, 5) is 8.59. The molecule has 1 N–H and O–H groups in total. The molecule has 0 aliphatic heterocycles. The lowest BCUT2D eigenvalue weighted by atomic mass is 9.84. The molecule has 21 heavy (non-hydrogen) atoms. The van der Waals surface area contributed by atoms with Gasteiger partial charge in [0.2, 0.25) is 5.89 Å². The van der Waals surface area contributed by atoms with Gasteiger partial charge in [0, 0.05) is 31.3 Å². The van der Waals surface area contributed by atoms with Gasteiger partial charge in [-0.3, -0.25) is 4.98 Å². The Hall–Kier alpha value is -1.75. The molecule has 5 nitrogen and oxygen atoms in total. The summed E-state index contributed by atoms with van der Waals surface area (Å²) in [7, 11) is 0. The SMILES string of the molecule is CCNC(Cc1nc(Cc2cccnc2)no1)C(C)(C)C. The first-order valence-corrected chi connectivity index (χ1v) is 7.42. The fraction of sp³-hybridized carbons (Fsp3) is 0.562. The van der Waals surface area contributed by atoms with E-state index in [0.717, 1.165) is 18.5 Å². The van der Waals surface area contributed by atoms with Crippen molar-refractivity contribution in [1.82, 2.24) is 20.4 Å². The van der Waals surface area contributed by atoms with Crippen LogP contribution in [0.4, 0.5) is 0 Å². The normalized spacial score (nSPS) is 13.3. The van der Waals surface area contributed by atoms with E-state index in [2.05, 4.69) is 48.1 Å². The molecule has 1 atom stereocenters. The van der Waals surface area contributed by atoms with E-state index >= 15 is 0 Å². The summed E-state index contributed by atoms with van der Waals surface area (Å²) < 4.78 is 5.39. The Morgan fingerprint density at radius 1 is 1.33 bits per heavy atom. The first kappa shape index (κ1) is 15.6. The van der Waals surface area contributed by atoms with Crippen LogP contribution in [-0.2, 0) is 12.8 Å². The molecule has 2 heterocycles. The summed E-state index contributed by atoms with van der Waals surface area (Å²) >= 11 is 0. The quantitative estimate of drug-likeness (QED) is 0.885. The molecule has 0 saturated carbocycles. The van der Waals surface area contributed by atoms with Gasteiger partial charge in [0.05, 0.1) is 0 Å². The second-order valence-corrected chi connectivity index (χ2v) is 6.32. The van der Waals surface area contributed by atoms with Crippen molar-refractivity contribution in [2.45, 2.75) is 46.6 Å². The lowest BCUT2D eigenvalue weighted by molar-refractivity contribution is 0.247. The van der Waals surface area contributed by atoms with Crippen LogP contribution in [0.5, 0.6) is 0 Å². The maximum atomic E-state index is 5.39. The molecule has 5 heteroatoms. The summed E-state index contributed by atoms with van der Waals surface area (Å²) in [6.07, 6.45) is 4.98. The van der Waals surface area contributed by atoms with Crippen LogP contribution in [0.25, 0.3) is 0 Å². The maximum Gasteiger partial charge on any atom is 0.228 e. The Kier molecular flexibility index (Phi) is 5.07. The number of pyridine rings is 1. The summed E-state index contributed by atoms with van der Waals surface area (Å²) in [5.41, 5.74) is 1.23. The number of nitrogens with one attached hydrogen (secondary N) is 1. The molecule has 0 aliphatic carbocycles. The van der Waals surface area contributed by atoms with E-state index in [1.165, 1.54) is 0 Å². The van der Waals surface area contributed by atoms with Crippen molar-refractivity contribution >= 4 is 0 Å². The van der Waals surface area contributed by atoms with Gasteiger partial charge in [-0.25, -0.2) is 0 Å². The minimum atomic E-state index is 0.147. The highest BCUT2D eigenvalue weighted by atomic mass is 16.5. The predicted molar refractivity (Wildman–Crippen MR) is 82.0 cm³/mol. The average Bonchev–Trinajstić information content (AvgIpc) is 2.86. The third kappa shape index (κ3) is 4.63. The van der Waals surface area contributed by atoms with Crippen LogP contribution >= 0.6 is 0 Å². The molecule has 0 bridgehead atoms. The largest absolute Gasteiger partial charge is 0.339 e. The zero-order valence-electron chi connectivity index (χ0n) is 13.3. The fourth-order valence-electron chi connectivity index (χ4n) is 2.24. The van der Waals surface area contributed by atoms with Crippen molar-refractivity contribution < 1.29 is 4.52 Å². The summed E-state index contributed by atoms with van der Waals surface area (Å²) in [6, 6.07) is 4.24. The van der Waals surface area contributed by atoms with E-state index in [4.69, 9.17) is 4.52 Å². The molecule has 0 aliphatic rings. The molecular weight excluding hydrogens is 264 g/mol. The third-order valence-electron chi connectivity index (χ3n) is 3.47. The molecule has 2 aromatic heterocycles. The number of rotatable bonds is 6. The number of hydrogen-bond donors (Lipinski definition) is 1. The molecule has 1 unspecified atom stereocenters. The minimum absolute atomic E-state index is 0.147. The highest BCUT2D eigenvalue weighted by Crippen LogP contribution is 2.22. The monoisotopic (exact) mass is 288 g/mol. The number of likely N-dealkylation sites (N-methyl/N-ethyl adjacent to an activating group) is 1. The zero-order valence-corrected chi connectivity index (χ0v) is 13.3. The first-order valence-electron chi connectivity index (χ1n) is 7.42. The lowest BCUT2D eigenvalue weighted by Crippen LogP contribution is -2.41. The first-order chi connectivity index (χ1) is 9.99. The number of aromatic nitrogens is 3. The van der Waals surface area contributed by atoms with E-state index in [1.54, 1.807) is 6.20 Å². The van der Waals surface area contributed by atoms with E-state index in [1.807, 2.05) is 18.3 Å². The molecule has 0 aromatic carbocycles. The molecule has 2 aromatic rings. The van der Waals surface area contributed by atoms with Crippen molar-refractivity contribution in [3.8, 4) is 0 Å². The molecule has 0 saturated heterocycles. The van der Waals surface area contributed by atoms with Crippen LogP contribution in [0.1, 0.15) is 45.0 Å². The van der Waals surface area contributed by atoms with Gasteiger partial charge in [0.15, 0.2) is 5.82 Å². The standard InChI is InChI=1S/C16H24N4O/c1-5-18-13(16(2,3)4)10-15-19-14(20-21-15)9-12-7-6-8-17-11-12/h6-8,11,13,18H,5,9-10H2,1-4H3. The highest BCUT2D eigenvalue weighted by Gasteiger charge is 2.26. The van der Waals surface area contributed by atoms with Gasteiger partial charge in [-0.1, -0.05) is 38.9 Å². The van der Waals surface area contributed by atoms with Crippen molar-refractivity contribution in [3.63, 3.8) is 0 Å². The minimum Gasteiger partial charge on any atom is -0.339 e. The van der Waals surface area contributed by atoms with E-state index < -0.39 is 0 Å². The van der Waals surface area contributed by atoms with Gasteiger partial charge >= 0.3 is 0 Å². The molecule has 2 rings (SSSR count). The molecule has 0 amide bonds. The van der Waals surface area contributed by atoms with E-state index in [0.29, 0.717) is 24.2 Å². The third-order valence-corrected chi connectivity index (χ3v) is 3.47. The number of nitrogens with zero attached hydrogens (tertiary/aromatic N) is 3. The van der Waals surface area contributed by atoms with Gasteiger partial charge in [-0.15, -0.1) is 0 Å². The average molecular weight is 288 g/mol. The Morgan fingerprint density at radius 2 is 2.14 bits per heavy atom. The van der Waals surface area contributed by atoms with Crippen LogP contribution in [0.15, 0.2) is 29.0 Å². The van der Waals surface area contributed by atoms with Crippen LogP contribution in [0.2, 0.25) is 0 Å². The smallest absolute Gasteiger partial charge is 0.228 e. The van der Waals surface area contributed by atoms with Crippen LogP contribution in [0.3, 0.4) is 0 Å². The Bertz CT molecular complexity index is 545. The second-order valence-electron chi connectivity index (χ2n) is 6.32. The van der Waals surface area contributed by atoms with Crippen molar-refractivity contribution in [2.75, 3.05) is 6.54 Å². The van der Waals surface area contributed by atoms with E-state index in [9.17, 15) is 0 Å². The predicted octanol–water partition coefficient (Wildman–Crippen LogP) is 2.62.